The van der Waals surface area contributed by atoms with Gasteiger partial charge in [-0.15, -0.1) is 0 Å². The maximum Gasteiger partial charge on any atom is 0.327 e. The van der Waals surface area contributed by atoms with Crippen molar-refractivity contribution < 1.29 is 33.8 Å². The third-order valence-electron chi connectivity index (χ3n) is 2.31. The van der Waals surface area contributed by atoms with E-state index in [1.54, 1.807) is 13.8 Å². The van der Waals surface area contributed by atoms with Crippen LogP contribution in [0.3, 0.4) is 0 Å². The first-order valence-corrected chi connectivity index (χ1v) is 6.15. The number of amides is 1. The van der Waals surface area contributed by atoms with Gasteiger partial charge in [-0.3, -0.25) is 14.4 Å². The van der Waals surface area contributed by atoms with Gasteiger partial charge in [-0.1, -0.05) is 0 Å². The number of carbonyl (C=O) groups excluding carboxylic acids is 3. The van der Waals surface area contributed by atoms with Crippen molar-refractivity contribution >= 4 is 23.8 Å². The van der Waals surface area contributed by atoms with Gasteiger partial charge in [0.25, 0.3) is 0 Å². The Morgan fingerprint density at radius 1 is 1.10 bits per heavy atom. The first-order valence-electron chi connectivity index (χ1n) is 6.15. The molecule has 0 radical (unpaired) electrons. The lowest BCUT2D eigenvalue weighted by atomic mass is 9.96. The van der Waals surface area contributed by atoms with Crippen molar-refractivity contribution in [1.82, 2.24) is 5.32 Å². The van der Waals surface area contributed by atoms with E-state index in [-0.39, 0.29) is 13.2 Å². The summed E-state index contributed by atoms with van der Waals surface area (Å²) in [6.45, 7) is 4.38. The van der Waals surface area contributed by atoms with Crippen molar-refractivity contribution in [2.45, 2.75) is 33.2 Å². The highest BCUT2D eigenvalue weighted by atomic mass is 16.5. The van der Waals surface area contributed by atoms with Gasteiger partial charge < -0.3 is 19.9 Å². The monoisotopic (exact) mass is 289 g/mol. The second kappa shape index (κ2) is 8.89. The summed E-state index contributed by atoms with van der Waals surface area (Å²) in [5.74, 6) is -5.00. The van der Waals surface area contributed by atoms with E-state index in [0.717, 1.165) is 6.92 Å². The van der Waals surface area contributed by atoms with Crippen LogP contribution in [0, 0.1) is 5.92 Å². The quantitative estimate of drug-likeness (QED) is 0.589. The number of nitrogens with one attached hydrogen (secondary N) is 1. The van der Waals surface area contributed by atoms with Crippen molar-refractivity contribution in [3.63, 3.8) is 0 Å². The van der Waals surface area contributed by atoms with Crippen LogP contribution in [-0.4, -0.2) is 48.2 Å². The Morgan fingerprint density at radius 3 is 2.05 bits per heavy atom. The van der Waals surface area contributed by atoms with E-state index in [0.29, 0.717) is 0 Å². The molecule has 1 amide bonds. The van der Waals surface area contributed by atoms with Crippen LogP contribution in [0.15, 0.2) is 0 Å². The smallest absolute Gasteiger partial charge is 0.327 e. The molecular formula is C12H19NO7. The number of esters is 2. The van der Waals surface area contributed by atoms with Crippen LogP contribution in [0.1, 0.15) is 27.2 Å². The molecule has 2 N–H and O–H groups in total. The highest BCUT2D eigenvalue weighted by Crippen LogP contribution is 2.14. The Hall–Kier alpha value is -2.12. The summed E-state index contributed by atoms with van der Waals surface area (Å²) in [7, 11) is 0. The number of rotatable bonds is 8. The number of carbonyl (C=O) groups is 4. The molecule has 8 heteroatoms. The summed E-state index contributed by atoms with van der Waals surface area (Å²) >= 11 is 0. The van der Waals surface area contributed by atoms with Gasteiger partial charge in [-0.25, -0.2) is 4.79 Å². The van der Waals surface area contributed by atoms with Gasteiger partial charge in [-0.2, -0.15) is 0 Å². The number of hydrogen-bond acceptors (Lipinski definition) is 6. The van der Waals surface area contributed by atoms with Gasteiger partial charge in [0.15, 0.2) is 0 Å². The molecule has 20 heavy (non-hydrogen) atoms. The maximum absolute atomic E-state index is 11.8. The number of aliphatic carboxylic acids is 1. The summed E-state index contributed by atoms with van der Waals surface area (Å²) in [5, 5.41) is 11.2. The van der Waals surface area contributed by atoms with Gasteiger partial charge in [0.2, 0.25) is 5.91 Å². The Morgan fingerprint density at radius 2 is 1.65 bits per heavy atom. The minimum Gasteiger partial charge on any atom is -0.480 e. The van der Waals surface area contributed by atoms with Crippen LogP contribution >= 0.6 is 0 Å². The molecule has 0 spiro atoms. The average Bonchev–Trinajstić information content (AvgIpc) is 2.33. The zero-order valence-corrected chi connectivity index (χ0v) is 11.7. The number of carboxylic acids is 1. The molecule has 8 nitrogen and oxygen atoms in total. The number of carboxylic acid groups (broad SMARTS) is 1. The molecule has 0 saturated carbocycles. The summed E-state index contributed by atoms with van der Waals surface area (Å²) in [4.78, 5) is 45.4. The summed E-state index contributed by atoms with van der Waals surface area (Å²) in [6.07, 6.45) is -0.482. The Balaban J connectivity index is 5.13. The lowest BCUT2D eigenvalue weighted by Crippen LogP contribution is -2.49. The predicted molar refractivity (Wildman–Crippen MR) is 66.6 cm³/mol. The summed E-state index contributed by atoms with van der Waals surface area (Å²) in [5.41, 5.74) is 0. The maximum atomic E-state index is 11.8. The van der Waals surface area contributed by atoms with E-state index in [9.17, 15) is 19.2 Å². The fourth-order valence-electron chi connectivity index (χ4n) is 1.54. The molecule has 0 aliphatic carbocycles. The van der Waals surface area contributed by atoms with Crippen LogP contribution < -0.4 is 5.32 Å². The minimum absolute atomic E-state index is 0.0323. The molecule has 0 fully saturated rings. The lowest BCUT2D eigenvalue weighted by molar-refractivity contribution is -0.160. The summed E-state index contributed by atoms with van der Waals surface area (Å²) < 4.78 is 9.42. The Kier molecular flexibility index (Phi) is 7.95. The zero-order chi connectivity index (χ0) is 15.7. The number of ether oxygens (including phenoxy) is 2. The normalized spacial score (nSPS) is 12.9. The van der Waals surface area contributed by atoms with E-state index >= 15 is 0 Å². The largest absolute Gasteiger partial charge is 0.480 e. The Bertz CT molecular complexity index is 380. The molecule has 0 aromatic carbocycles. The van der Waals surface area contributed by atoms with E-state index in [2.05, 4.69) is 10.1 Å². The molecule has 0 unspecified atom stereocenters. The van der Waals surface area contributed by atoms with Crippen molar-refractivity contribution in [3.8, 4) is 0 Å². The van der Waals surface area contributed by atoms with Gasteiger partial charge in [0, 0.05) is 6.92 Å². The van der Waals surface area contributed by atoms with Crippen molar-refractivity contribution in [3.05, 3.63) is 0 Å². The molecule has 2 atom stereocenters. The van der Waals surface area contributed by atoms with Crippen LogP contribution in [0.5, 0.6) is 0 Å². The third kappa shape index (κ3) is 6.17. The molecule has 114 valence electrons. The lowest BCUT2D eigenvalue weighted by Gasteiger charge is -2.22. The second-order valence-electron chi connectivity index (χ2n) is 3.88. The fraction of sp³-hybridized carbons (Fsp3) is 0.667. The molecule has 0 bridgehead atoms. The van der Waals surface area contributed by atoms with Crippen molar-refractivity contribution in [1.29, 1.82) is 0 Å². The van der Waals surface area contributed by atoms with Gasteiger partial charge in [-0.05, 0) is 13.8 Å². The molecule has 0 heterocycles. The van der Waals surface area contributed by atoms with E-state index in [1.807, 2.05) is 0 Å². The van der Waals surface area contributed by atoms with Crippen LogP contribution in [0.2, 0.25) is 0 Å². The van der Waals surface area contributed by atoms with Crippen LogP contribution in [0.25, 0.3) is 0 Å². The summed E-state index contributed by atoms with van der Waals surface area (Å²) in [6, 6.07) is -1.55. The molecule has 0 aromatic heterocycles. The van der Waals surface area contributed by atoms with E-state index in [4.69, 9.17) is 9.84 Å². The molecule has 0 saturated heterocycles. The number of hydrogen-bond donors (Lipinski definition) is 2. The predicted octanol–water partition coefficient (Wildman–Crippen LogP) is -0.292. The van der Waals surface area contributed by atoms with Crippen molar-refractivity contribution in [2.75, 3.05) is 13.2 Å². The first-order chi connectivity index (χ1) is 9.33. The Labute approximate surface area is 116 Å². The molecular weight excluding hydrogens is 270 g/mol. The zero-order valence-electron chi connectivity index (χ0n) is 11.7. The third-order valence-corrected chi connectivity index (χ3v) is 2.31. The first kappa shape index (κ1) is 17.9. The minimum atomic E-state index is -1.55. The van der Waals surface area contributed by atoms with Crippen LogP contribution in [0.4, 0.5) is 0 Å². The van der Waals surface area contributed by atoms with Gasteiger partial charge in [0.05, 0.1) is 25.6 Å². The molecule has 0 aliphatic heterocycles. The molecule has 0 rings (SSSR count). The SMILES string of the molecule is CCOC(=O)C[C@H](C(=O)OCC)[C@H](NC(C)=O)C(=O)O. The van der Waals surface area contributed by atoms with Crippen molar-refractivity contribution in [2.24, 2.45) is 5.92 Å². The van der Waals surface area contributed by atoms with Crippen LogP contribution in [-0.2, 0) is 28.7 Å². The van der Waals surface area contributed by atoms with Gasteiger partial charge >= 0.3 is 17.9 Å². The highest BCUT2D eigenvalue weighted by Gasteiger charge is 2.37. The highest BCUT2D eigenvalue weighted by molar-refractivity contribution is 5.90. The molecule has 0 aromatic rings. The standard InChI is InChI=1S/C12H19NO7/c1-4-19-9(15)6-8(12(18)20-5-2)10(11(16)17)13-7(3)14/h8,10H,4-6H2,1-3H3,(H,13,14)(H,16,17)/t8-,10-/m0/s1. The topological polar surface area (TPSA) is 119 Å². The van der Waals surface area contributed by atoms with E-state index in [1.165, 1.54) is 0 Å². The second-order valence-corrected chi connectivity index (χ2v) is 3.88. The molecule has 0 aliphatic rings. The van der Waals surface area contributed by atoms with E-state index < -0.39 is 42.2 Å². The van der Waals surface area contributed by atoms with Gasteiger partial charge in [0.1, 0.15) is 6.04 Å². The fourth-order valence-corrected chi connectivity index (χ4v) is 1.54. The average molecular weight is 289 g/mol.